The topological polar surface area (TPSA) is 190 Å². The standard InChI is InChI=1S/C31H50N4O11/c1-3-26(30(40)41)34-13-9-32(22-28(36)37)11-15-35(16-12-33(10-14-34)23-29(38)39)27(31(42)43)21-24-5-7-25(8-6-24)46-20-19-45-18-17-44-4-2/h5-8,26-27H,3-4,9-23H2,1-2H3,(H,36,37)(H,38,39)(H,40,41)(H,42,43). The van der Waals surface area contributed by atoms with Crippen molar-refractivity contribution in [2.75, 3.05) is 98.5 Å². The van der Waals surface area contributed by atoms with E-state index in [1.165, 1.54) is 0 Å². The number of ether oxygens (including phenoxy) is 3. The highest BCUT2D eigenvalue weighted by Crippen LogP contribution is 2.17. The first-order valence-electron chi connectivity index (χ1n) is 15.7. The maximum Gasteiger partial charge on any atom is 0.321 e. The molecule has 0 spiro atoms. The Morgan fingerprint density at radius 2 is 1.11 bits per heavy atom. The van der Waals surface area contributed by atoms with E-state index in [9.17, 15) is 39.6 Å². The van der Waals surface area contributed by atoms with Crippen LogP contribution in [0.25, 0.3) is 0 Å². The second kappa shape index (κ2) is 21.5. The second-order valence-electron chi connectivity index (χ2n) is 11.0. The highest BCUT2D eigenvalue weighted by Gasteiger charge is 2.30. The summed E-state index contributed by atoms with van der Waals surface area (Å²) < 4.78 is 16.4. The van der Waals surface area contributed by atoms with E-state index in [4.69, 9.17) is 14.2 Å². The van der Waals surface area contributed by atoms with Gasteiger partial charge in [-0.3, -0.25) is 38.8 Å². The van der Waals surface area contributed by atoms with E-state index in [0.717, 1.165) is 5.56 Å². The van der Waals surface area contributed by atoms with Crippen LogP contribution in [-0.2, 0) is 35.1 Å². The Labute approximate surface area is 270 Å². The molecule has 0 aliphatic carbocycles. The summed E-state index contributed by atoms with van der Waals surface area (Å²) in [5.41, 5.74) is 0.763. The number of aliphatic carboxylic acids is 4. The van der Waals surface area contributed by atoms with E-state index in [1.807, 2.05) is 6.92 Å². The van der Waals surface area contributed by atoms with Crippen LogP contribution >= 0.6 is 0 Å². The Hall–Kier alpha value is -3.34. The van der Waals surface area contributed by atoms with E-state index < -0.39 is 36.0 Å². The lowest BCUT2D eigenvalue weighted by Crippen LogP contribution is -2.53. The van der Waals surface area contributed by atoms with Gasteiger partial charge in [0, 0.05) is 59.0 Å². The Kier molecular flexibility index (Phi) is 18.1. The van der Waals surface area contributed by atoms with Crippen molar-refractivity contribution >= 4 is 23.9 Å². The summed E-state index contributed by atoms with van der Waals surface area (Å²) in [6.07, 6.45) is 0.496. The minimum absolute atomic E-state index is 0.165. The zero-order chi connectivity index (χ0) is 33.9. The fraction of sp³-hybridized carbons (Fsp3) is 0.677. The van der Waals surface area contributed by atoms with E-state index in [1.54, 1.807) is 50.8 Å². The molecular formula is C31H50N4O11. The molecule has 15 heteroatoms. The van der Waals surface area contributed by atoms with E-state index in [2.05, 4.69) is 0 Å². The summed E-state index contributed by atoms with van der Waals surface area (Å²) in [4.78, 5) is 54.7. The van der Waals surface area contributed by atoms with Crippen LogP contribution in [0.5, 0.6) is 5.75 Å². The lowest BCUT2D eigenvalue weighted by Gasteiger charge is -2.36. The van der Waals surface area contributed by atoms with Crippen LogP contribution in [0.1, 0.15) is 25.8 Å². The van der Waals surface area contributed by atoms with Crippen molar-refractivity contribution in [1.82, 2.24) is 19.6 Å². The summed E-state index contributed by atoms with van der Waals surface area (Å²) in [5.74, 6) is -3.52. The van der Waals surface area contributed by atoms with Gasteiger partial charge in [0.25, 0.3) is 0 Å². The van der Waals surface area contributed by atoms with Gasteiger partial charge in [0.05, 0.1) is 32.9 Å². The molecule has 0 amide bonds. The zero-order valence-electron chi connectivity index (χ0n) is 26.9. The normalized spacial score (nSPS) is 17.8. The van der Waals surface area contributed by atoms with Crippen LogP contribution in [0.4, 0.5) is 0 Å². The minimum Gasteiger partial charge on any atom is -0.491 e. The molecule has 0 aromatic heterocycles. The molecule has 0 bridgehead atoms. The fourth-order valence-electron chi connectivity index (χ4n) is 5.34. The van der Waals surface area contributed by atoms with Gasteiger partial charge in [-0.25, -0.2) is 0 Å². The Bertz CT molecular complexity index is 1040. The van der Waals surface area contributed by atoms with Gasteiger partial charge in [0.15, 0.2) is 0 Å². The third kappa shape index (κ3) is 14.8. The number of rotatable bonds is 19. The summed E-state index contributed by atoms with van der Waals surface area (Å²) in [5, 5.41) is 39.1. The Morgan fingerprint density at radius 1 is 0.652 bits per heavy atom. The second-order valence-corrected chi connectivity index (χ2v) is 11.0. The largest absolute Gasteiger partial charge is 0.491 e. The molecule has 1 aliphatic heterocycles. The van der Waals surface area contributed by atoms with Crippen LogP contribution in [0.15, 0.2) is 24.3 Å². The first-order chi connectivity index (χ1) is 22.0. The Balaban J connectivity index is 2.18. The average molecular weight is 655 g/mol. The van der Waals surface area contributed by atoms with Crippen molar-refractivity contribution in [1.29, 1.82) is 0 Å². The molecule has 1 fully saturated rings. The molecule has 1 aliphatic rings. The molecule has 2 rings (SSSR count). The lowest BCUT2D eigenvalue weighted by atomic mass is 10.0. The molecule has 260 valence electrons. The van der Waals surface area contributed by atoms with Crippen molar-refractivity contribution in [2.45, 2.75) is 38.8 Å². The predicted molar refractivity (Wildman–Crippen MR) is 167 cm³/mol. The van der Waals surface area contributed by atoms with Gasteiger partial charge in [-0.1, -0.05) is 19.1 Å². The monoisotopic (exact) mass is 654 g/mol. The van der Waals surface area contributed by atoms with Gasteiger partial charge in [-0.15, -0.1) is 0 Å². The molecule has 1 aromatic carbocycles. The number of hydrogen-bond acceptors (Lipinski definition) is 11. The van der Waals surface area contributed by atoms with Crippen molar-refractivity contribution in [3.8, 4) is 5.75 Å². The molecule has 1 heterocycles. The molecular weight excluding hydrogens is 604 g/mol. The van der Waals surface area contributed by atoms with Crippen molar-refractivity contribution in [3.63, 3.8) is 0 Å². The van der Waals surface area contributed by atoms with Crippen molar-refractivity contribution in [2.24, 2.45) is 0 Å². The van der Waals surface area contributed by atoms with Gasteiger partial charge in [0.1, 0.15) is 24.4 Å². The summed E-state index contributed by atoms with van der Waals surface area (Å²) >= 11 is 0. The van der Waals surface area contributed by atoms with E-state index in [-0.39, 0.29) is 71.9 Å². The van der Waals surface area contributed by atoms with Gasteiger partial charge in [0.2, 0.25) is 0 Å². The number of carboxylic acids is 4. The van der Waals surface area contributed by atoms with Crippen LogP contribution in [-0.4, -0.2) is 174 Å². The van der Waals surface area contributed by atoms with Crippen LogP contribution in [0, 0.1) is 0 Å². The first kappa shape index (κ1) is 38.8. The Morgan fingerprint density at radius 3 is 1.54 bits per heavy atom. The van der Waals surface area contributed by atoms with E-state index >= 15 is 0 Å². The van der Waals surface area contributed by atoms with Crippen molar-refractivity contribution in [3.05, 3.63) is 29.8 Å². The summed E-state index contributed by atoms with van der Waals surface area (Å²) in [6.45, 7) is 7.39. The molecule has 1 aromatic rings. The third-order valence-electron chi connectivity index (χ3n) is 7.79. The lowest BCUT2D eigenvalue weighted by molar-refractivity contribution is -0.145. The molecule has 1 saturated heterocycles. The number of carboxylic acid groups (broad SMARTS) is 4. The minimum atomic E-state index is -1.05. The van der Waals surface area contributed by atoms with Gasteiger partial charge in [-0.05, 0) is 37.5 Å². The molecule has 0 saturated carbocycles. The maximum atomic E-state index is 12.6. The average Bonchev–Trinajstić information content (AvgIpc) is 2.99. The number of benzene rings is 1. The quantitative estimate of drug-likeness (QED) is 0.150. The maximum absolute atomic E-state index is 12.6. The predicted octanol–water partition coefficient (Wildman–Crippen LogP) is 0.368. The fourth-order valence-corrected chi connectivity index (χ4v) is 5.34. The van der Waals surface area contributed by atoms with Gasteiger partial charge in [-0.2, -0.15) is 0 Å². The molecule has 4 N–H and O–H groups in total. The number of hydrogen-bond donors (Lipinski definition) is 4. The van der Waals surface area contributed by atoms with E-state index in [0.29, 0.717) is 45.2 Å². The number of carbonyl (C=O) groups is 4. The molecule has 15 nitrogen and oxygen atoms in total. The van der Waals surface area contributed by atoms with Crippen LogP contribution < -0.4 is 4.74 Å². The summed E-state index contributed by atoms with van der Waals surface area (Å²) in [6, 6.07) is 5.37. The third-order valence-corrected chi connectivity index (χ3v) is 7.79. The summed E-state index contributed by atoms with van der Waals surface area (Å²) in [7, 11) is 0. The van der Waals surface area contributed by atoms with Gasteiger partial charge >= 0.3 is 23.9 Å². The number of nitrogens with zero attached hydrogens (tertiary/aromatic N) is 4. The molecule has 46 heavy (non-hydrogen) atoms. The zero-order valence-corrected chi connectivity index (χ0v) is 26.9. The first-order valence-corrected chi connectivity index (χ1v) is 15.7. The molecule has 2 atom stereocenters. The van der Waals surface area contributed by atoms with Gasteiger partial charge < -0.3 is 34.6 Å². The highest BCUT2D eigenvalue weighted by atomic mass is 16.5. The SMILES string of the molecule is CCOCCOCCOc1ccc(CC(C(=O)O)N2CCN(CC(=O)O)CCN(C(CC)C(=O)O)CCN(CC(=O)O)CC2)cc1. The molecule has 0 radical (unpaired) electrons. The van der Waals surface area contributed by atoms with Crippen molar-refractivity contribution < 1.29 is 53.8 Å². The van der Waals surface area contributed by atoms with Crippen LogP contribution in [0.2, 0.25) is 0 Å². The molecule has 2 unspecified atom stereocenters. The smallest absolute Gasteiger partial charge is 0.321 e. The highest BCUT2D eigenvalue weighted by molar-refractivity contribution is 5.74. The van der Waals surface area contributed by atoms with Crippen LogP contribution in [0.3, 0.4) is 0 Å².